The summed E-state index contributed by atoms with van der Waals surface area (Å²) in [7, 11) is 3.03. The summed E-state index contributed by atoms with van der Waals surface area (Å²) in [5.74, 6) is 1.03. The molecular weight excluding hydrogens is 387 g/mol. The number of methoxy groups -OCH3 is 2. The number of carbonyl (C=O) groups excluding carboxylic acids is 1. The molecule has 0 atom stereocenters. The smallest absolute Gasteiger partial charge is 0.271 e. The predicted octanol–water partition coefficient (Wildman–Crippen LogP) is 4.19. The molecule has 3 aromatic rings. The summed E-state index contributed by atoms with van der Waals surface area (Å²) >= 11 is 0. The number of halogens is 1. The Morgan fingerprint density at radius 3 is 2.17 bits per heavy atom. The lowest BCUT2D eigenvalue weighted by molar-refractivity contribution is 0.0954. The standard InChI is InChI=1S/C23H21FN2O4/c1-28-21-11-18(12-22(13-21)29-2)23(27)26-25-14-16-5-9-20(10-6-16)30-15-17-3-7-19(24)8-4-17/h3-14H,15H2,1-2H3,(H,26,27). The van der Waals surface area contributed by atoms with Gasteiger partial charge in [-0.05, 0) is 59.7 Å². The molecule has 30 heavy (non-hydrogen) atoms. The monoisotopic (exact) mass is 408 g/mol. The van der Waals surface area contributed by atoms with Gasteiger partial charge in [0.15, 0.2) is 0 Å². The SMILES string of the molecule is COc1cc(OC)cc(C(=O)NN=Cc2ccc(OCc3ccc(F)cc3)cc2)c1. The van der Waals surface area contributed by atoms with Gasteiger partial charge in [0.2, 0.25) is 0 Å². The maximum Gasteiger partial charge on any atom is 0.271 e. The van der Waals surface area contributed by atoms with Gasteiger partial charge in [0, 0.05) is 11.6 Å². The van der Waals surface area contributed by atoms with E-state index in [1.165, 1.54) is 32.6 Å². The zero-order valence-corrected chi connectivity index (χ0v) is 16.6. The average molecular weight is 408 g/mol. The van der Waals surface area contributed by atoms with Gasteiger partial charge in [-0.3, -0.25) is 4.79 Å². The number of hydrazone groups is 1. The maximum absolute atomic E-state index is 12.9. The number of nitrogens with zero attached hydrogens (tertiary/aromatic N) is 1. The zero-order valence-electron chi connectivity index (χ0n) is 16.6. The summed E-state index contributed by atoms with van der Waals surface area (Å²) < 4.78 is 28.9. The Hall–Kier alpha value is -3.87. The third-order valence-electron chi connectivity index (χ3n) is 4.19. The van der Waals surface area contributed by atoms with Crippen LogP contribution in [0.4, 0.5) is 4.39 Å². The second-order valence-electron chi connectivity index (χ2n) is 6.28. The van der Waals surface area contributed by atoms with Gasteiger partial charge in [-0.1, -0.05) is 12.1 Å². The molecule has 0 heterocycles. The van der Waals surface area contributed by atoms with Crippen LogP contribution in [-0.2, 0) is 6.61 Å². The van der Waals surface area contributed by atoms with E-state index in [1.807, 2.05) is 12.1 Å². The van der Waals surface area contributed by atoms with Crippen LogP contribution in [0.25, 0.3) is 0 Å². The van der Waals surface area contributed by atoms with E-state index in [0.717, 1.165) is 11.1 Å². The van der Waals surface area contributed by atoms with Gasteiger partial charge in [0.1, 0.15) is 29.7 Å². The molecule has 0 bridgehead atoms. The third kappa shape index (κ3) is 5.81. The molecule has 0 saturated carbocycles. The molecule has 0 radical (unpaired) electrons. The molecule has 0 aliphatic heterocycles. The van der Waals surface area contributed by atoms with E-state index in [9.17, 15) is 9.18 Å². The molecule has 0 saturated heterocycles. The van der Waals surface area contributed by atoms with Crippen molar-refractivity contribution in [1.82, 2.24) is 5.43 Å². The van der Waals surface area contributed by atoms with Crippen molar-refractivity contribution in [3.63, 3.8) is 0 Å². The lowest BCUT2D eigenvalue weighted by Crippen LogP contribution is -2.17. The highest BCUT2D eigenvalue weighted by atomic mass is 19.1. The lowest BCUT2D eigenvalue weighted by Gasteiger charge is -2.07. The average Bonchev–Trinajstić information content (AvgIpc) is 2.79. The highest BCUT2D eigenvalue weighted by Gasteiger charge is 2.09. The Balaban J connectivity index is 1.55. The summed E-state index contributed by atoms with van der Waals surface area (Å²) in [5, 5.41) is 3.98. The van der Waals surface area contributed by atoms with Crippen LogP contribution in [0, 0.1) is 5.82 Å². The zero-order chi connectivity index (χ0) is 21.3. The Morgan fingerprint density at radius 2 is 1.57 bits per heavy atom. The fourth-order valence-electron chi connectivity index (χ4n) is 2.57. The molecule has 3 rings (SSSR count). The topological polar surface area (TPSA) is 69.2 Å². The second-order valence-corrected chi connectivity index (χ2v) is 6.28. The quantitative estimate of drug-likeness (QED) is 0.448. The molecule has 7 heteroatoms. The molecule has 0 aromatic heterocycles. The number of hydrogen-bond donors (Lipinski definition) is 1. The van der Waals surface area contributed by atoms with E-state index in [-0.39, 0.29) is 11.7 Å². The van der Waals surface area contributed by atoms with E-state index in [0.29, 0.717) is 29.4 Å². The Kier molecular flexibility index (Phi) is 7.00. The minimum atomic E-state index is -0.386. The number of rotatable bonds is 8. The summed E-state index contributed by atoms with van der Waals surface area (Å²) in [6.07, 6.45) is 1.53. The largest absolute Gasteiger partial charge is 0.497 e. The summed E-state index contributed by atoms with van der Waals surface area (Å²) in [4.78, 5) is 12.3. The molecule has 0 fully saturated rings. The van der Waals surface area contributed by atoms with E-state index >= 15 is 0 Å². The first-order valence-electron chi connectivity index (χ1n) is 9.11. The summed E-state index contributed by atoms with van der Waals surface area (Å²) in [6, 6.07) is 18.2. The first-order chi connectivity index (χ1) is 14.6. The molecule has 3 aromatic carbocycles. The van der Waals surface area contributed by atoms with Crippen molar-refractivity contribution < 1.29 is 23.4 Å². The van der Waals surface area contributed by atoms with Crippen molar-refractivity contribution in [2.75, 3.05) is 14.2 Å². The van der Waals surface area contributed by atoms with Gasteiger partial charge in [0.05, 0.1) is 20.4 Å². The Labute approximate surface area is 173 Å². The number of amides is 1. The van der Waals surface area contributed by atoms with Gasteiger partial charge < -0.3 is 14.2 Å². The van der Waals surface area contributed by atoms with Crippen LogP contribution < -0.4 is 19.6 Å². The molecule has 0 spiro atoms. The number of nitrogens with one attached hydrogen (secondary N) is 1. The van der Waals surface area contributed by atoms with Crippen molar-refractivity contribution in [3.05, 3.63) is 89.2 Å². The predicted molar refractivity (Wildman–Crippen MR) is 112 cm³/mol. The van der Waals surface area contributed by atoms with Crippen LogP contribution in [0.1, 0.15) is 21.5 Å². The van der Waals surface area contributed by atoms with Crippen molar-refractivity contribution in [2.45, 2.75) is 6.61 Å². The summed E-state index contributed by atoms with van der Waals surface area (Å²) in [6.45, 7) is 0.341. The third-order valence-corrected chi connectivity index (χ3v) is 4.19. The molecule has 1 amide bonds. The maximum atomic E-state index is 12.9. The molecule has 0 aliphatic rings. The second kappa shape index (κ2) is 10.1. The Bertz CT molecular complexity index is 996. The fraction of sp³-hybridized carbons (Fsp3) is 0.130. The number of hydrogen-bond acceptors (Lipinski definition) is 5. The minimum absolute atomic E-state index is 0.278. The van der Waals surface area contributed by atoms with Gasteiger partial charge in [-0.15, -0.1) is 0 Å². The molecular formula is C23H21FN2O4. The summed E-state index contributed by atoms with van der Waals surface area (Å²) in [5.41, 5.74) is 4.50. The van der Waals surface area contributed by atoms with Crippen molar-refractivity contribution in [2.24, 2.45) is 5.10 Å². The normalized spacial score (nSPS) is 10.6. The first-order valence-corrected chi connectivity index (χ1v) is 9.11. The van der Waals surface area contributed by atoms with Crippen LogP contribution in [-0.4, -0.2) is 26.3 Å². The number of carbonyl (C=O) groups is 1. The van der Waals surface area contributed by atoms with E-state index in [1.54, 1.807) is 42.5 Å². The van der Waals surface area contributed by atoms with Crippen LogP contribution in [0.15, 0.2) is 71.8 Å². The van der Waals surface area contributed by atoms with Gasteiger partial charge in [-0.2, -0.15) is 5.10 Å². The van der Waals surface area contributed by atoms with E-state index in [2.05, 4.69) is 10.5 Å². The van der Waals surface area contributed by atoms with Crippen LogP contribution in [0.3, 0.4) is 0 Å². The lowest BCUT2D eigenvalue weighted by atomic mass is 10.2. The Morgan fingerprint density at radius 1 is 0.933 bits per heavy atom. The molecule has 6 nitrogen and oxygen atoms in total. The van der Waals surface area contributed by atoms with Crippen LogP contribution in [0.2, 0.25) is 0 Å². The highest BCUT2D eigenvalue weighted by Crippen LogP contribution is 2.22. The van der Waals surface area contributed by atoms with E-state index < -0.39 is 0 Å². The van der Waals surface area contributed by atoms with Crippen LogP contribution in [0.5, 0.6) is 17.2 Å². The fourth-order valence-corrected chi connectivity index (χ4v) is 2.57. The molecule has 0 aliphatic carbocycles. The van der Waals surface area contributed by atoms with Crippen molar-refractivity contribution in [3.8, 4) is 17.2 Å². The van der Waals surface area contributed by atoms with Gasteiger partial charge in [-0.25, -0.2) is 9.82 Å². The van der Waals surface area contributed by atoms with E-state index in [4.69, 9.17) is 14.2 Å². The van der Waals surface area contributed by atoms with Crippen LogP contribution >= 0.6 is 0 Å². The molecule has 1 N–H and O–H groups in total. The van der Waals surface area contributed by atoms with Crippen molar-refractivity contribution in [1.29, 1.82) is 0 Å². The van der Waals surface area contributed by atoms with Gasteiger partial charge >= 0.3 is 0 Å². The molecule has 0 unspecified atom stereocenters. The van der Waals surface area contributed by atoms with Crippen molar-refractivity contribution >= 4 is 12.1 Å². The molecule has 154 valence electrons. The number of ether oxygens (including phenoxy) is 3. The minimum Gasteiger partial charge on any atom is -0.497 e. The first kappa shape index (κ1) is 20.9. The highest BCUT2D eigenvalue weighted by molar-refractivity contribution is 5.95. The number of benzene rings is 3. The van der Waals surface area contributed by atoms with Gasteiger partial charge in [0.25, 0.3) is 5.91 Å².